The third-order valence-electron chi connectivity index (χ3n) is 26.1. The van der Waals surface area contributed by atoms with Crippen molar-refractivity contribution in [3.8, 4) is 72.4 Å². The molecule has 1 aromatic heterocycles. The van der Waals surface area contributed by atoms with Crippen molar-refractivity contribution in [3.05, 3.63) is 536 Å². The van der Waals surface area contributed by atoms with Crippen molar-refractivity contribution in [2.24, 2.45) is 0 Å². The van der Waals surface area contributed by atoms with Gasteiger partial charge in [-0.3, -0.25) is 0 Å². The second kappa shape index (κ2) is 29.3. The van der Waals surface area contributed by atoms with Crippen LogP contribution in [0.5, 0.6) is 0 Å². The predicted octanol–water partition coefficient (Wildman–Crippen LogP) is 22.9. The first-order valence-electron chi connectivity index (χ1n) is 41.5. The molecular weight excluding hydrogens is 1460 g/mol. The van der Waals surface area contributed by atoms with Crippen LogP contribution in [-0.4, -0.2) is 20.7 Å². The van der Waals surface area contributed by atoms with Gasteiger partial charge in [0.05, 0.1) is 21.9 Å². The molecule has 0 saturated carbocycles. The van der Waals surface area contributed by atoms with Gasteiger partial charge in [-0.25, -0.2) is 0 Å². The van der Waals surface area contributed by atoms with Gasteiger partial charge in [0.2, 0.25) is 0 Å². The molecule has 0 aliphatic heterocycles. The predicted molar refractivity (Wildman–Crippen MR) is 504 cm³/mol. The summed E-state index contributed by atoms with van der Waals surface area (Å²) in [5, 5.41) is 13.1. The van der Waals surface area contributed by atoms with Gasteiger partial charge >= 0.3 is 0 Å². The standard InChI is InChI=1S/C116H81NSi2/c1-11-35-90(36-12-1)115(91-37-13-2-14-38-91)109-57-33-31-55-103(109)105-71-63-86(80-111(105)115)84-65-73-113-107(78-84)108-79-85(87-64-72-106-104-56-32-34-58-110(104)116(112(106)81-87,92-39-15-3-16-40-92)93-41-17-4-18-42-93)66-74-114(108)117(113)94-76-88(82-59-67-101(68-60-82)118(95-43-19-5-20-44-95,96-45-21-6-22-46-96)97-47-23-7-24-48-97)75-89(77-94)83-61-69-102(70-62-83)119(98-49-25-8-26-50-98,99-51-27-9-28-52-99)100-53-29-10-30-54-100/h1-81H. The normalized spacial score (nSPS) is 13.0. The van der Waals surface area contributed by atoms with Crippen LogP contribution in [0, 0.1) is 0 Å². The minimum absolute atomic E-state index is 0.563. The monoisotopic (exact) mass is 1540 g/mol. The molecule has 3 heteroatoms. The van der Waals surface area contributed by atoms with E-state index in [2.05, 4.69) is 496 Å². The molecule has 0 fully saturated rings. The van der Waals surface area contributed by atoms with E-state index in [0.717, 1.165) is 61.2 Å². The Morgan fingerprint density at radius 1 is 0.160 bits per heavy atom. The summed E-state index contributed by atoms with van der Waals surface area (Å²) in [6.45, 7) is 0. The summed E-state index contributed by atoms with van der Waals surface area (Å²) in [5.41, 5.74) is 26.6. The van der Waals surface area contributed by atoms with E-state index in [0.29, 0.717) is 0 Å². The highest BCUT2D eigenvalue weighted by Crippen LogP contribution is 2.59. The Morgan fingerprint density at radius 2 is 0.395 bits per heavy atom. The maximum Gasteiger partial charge on any atom is 0.179 e. The molecule has 0 bridgehead atoms. The average molecular weight is 1550 g/mol. The Bertz CT molecular complexity index is 6440. The molecule has 0 unspecified atom stereocenters. The topological polar surface area (TPSA) is 4.93 Å². The molecule has 0 N–H and O–H groups in total. The summed E-state index contributed by atoms with van der Waals surface area (Å²) >= 11 is 0. The summed E-state index contributed by atoms with van der Waals surface area (Å²) in [6.07, 6.45) is 0. The fraction of sp³-hybridized carbons (Fsp3) is 0.0172. The van der Waals surface area contributed by atoms with Crippen LogP contribution in [-0.2, 0) is 10.8 Å². The van der Waals surface area contributed by atoms with Crippen LogP contribution in [0.4, 0.5) is 0 Å². The van der Waals surface area contributed by atoms with E-state index in [-0.39, 0.29) is 0 Å². The van der Waals surface area contributed by atoms with Crippen molar-refractivity contribution < 1.29 is 0 Å². The number of nitrogens with zero attached hydrogens (tertiary/aromatic N) is 1. The zero-order chi connectivity index (χ0) is 78.9. The van der Waals surface area contributed by atoms with Gasteiger partial charge < -0.3 is 4.57 Å². The van der Waals surface area contributed by atoms with Crippen molar-refractivity contribution in [2.75, 3.05) is 0 Å². The highest BCUT2D eigenvalue weighted by atomic mass is 28.3. The first kappa shape index (κ1) is 71.0. The Morgan fingerprint density at radius 3 is 0.697 bits per heavy atom. The molecule has 0 atom stereocenters. The molecule has 0 saturated heterocycles. The van der Waals surface area contributed by atoms with Crippen LogP contribution in [0.2, 0.25) is 0 Å². The summed E-state index contributed by atoms with van der Waals surface area (Å²) < 4.78 is 2.56. The maximum atomic E-state index is 2.56. The lowest BCUT2D eigenvalue weighted by molar-refractivity contribution is 0.769. The molecule has 0 amide bonds. The lowest BCUT2D eigenvalue weighted by Gasteiger charge is -2.34. The van der Waals surface area contributed by atoms with Crippen LogP contribution < -0.4 is 41.5 Å². The van der Waals surface area contributed by atoms with Crippen LogP contribution in [0.25, 0.3) is 94.3 Å². The molecular formula is C116H81NSi2. The summed E-state index contributed by atoms with van der Waals surface area (Å²) in [5.74, 6) is 0. The van der Waals surface area contributed by atoms with Crippen molar-refractivity contribution in [1.29, 1.82) is 0 Å². The Balaban J connectivity index is 0.777. The van der Waals surface area contributed by atoms with Gasteiger partial charge in [0.1, 0.15) is 0 Å². The minimum Gasteiger partial charge on any atom is -0.309 e. The van der Waals surface area contributed by atoms with E-state index in [1.165, 1.54) is 119 Å². The van der Waals surface area contributed by atoms with E-state index in [1.54, 1.807) is 0 Å². The number of fused-ring (bicyclic) bond motifs is 9. The Labute approximate surface area is 698 Å². The van der Waals surface area contributed by atoms with Gasteiger partial charge in [0.15, 0.2) is 16.1 Å². The van der Waals surface area contributed by atoms with Crippen LogP contribution in [0.1, 0.15) is 44.5 Å². The lowest BCUT2D eigenvalue weighted by Crippen LogP contribution is -2.74. The van der Waals surface area contributed by atoms with Crippen molar-refractivity contribution >= 4 is 79.4 Å². The van der Waals surface area contributed by atoms with Gasteiger partial charge in [-0.15, -0.1) is 0 Å². The molecule has 0 spiro atoms. The van der Waals surface area contributed by atoms with E-state index in [9.17, 15) is 0 Å². The van der Waals surface area contributed by atoms with E-state index >= 15 is 0 Å². The van der Waals surface area contributed by atoms with Crippen LogP contribution >= 0.6 is 0 Å². The van der Waals surface area contributed by atoms with E-state index in [4.69, 9.17) is 0 Å². The van der Waals surface area contributed by atoms with Gasteiger partial charge in [-0.05, 0) is 207 Å². The van der Waals surface area contributed by atoms with Gasteiger partial charge in [0, 0.05) is 16.5 Å². The molecule has 20 aromatic rings. The molecule has 19 aromatic carbocycles. The second-order valence-electron chi connectivity index (χ2n) is 32.0. The summed E-state index contributed by atoms with van der Waals surface area (Å²) in [4.78, 5) is 0. The molecule has 1 heterocycles. The third kappa shape index (κ3) is 11.3. The molecule has 0 radical (unpaired) electrons. The Kier molecular flexibility index (Phi) is 17.5. The fourth-order valence-corrected chi connectivity index (χ4v) is 30.4. The van der Waals surface area contributed by atoms with Gasteiger partial charge in [-0.1, -0.05) is 437 Å². The number of hydrogen-bond acceptors (Lipinski definition) is 0. The molecule has 119 heavy (non-hydrogen) atoms. The smallest absolute Gasteiger partial charge is 0.179 e. The van der Waals surface area contributed by atoms with Crippen molar-refractivity contribution in [1.82, 2.24) is 4.57 Å². The fourth-order valence-electron chi connectivity index (χ4n) is 20.9. The largest absolute Gasteiger partial charge is 0.309 e. The van der Waals surface area contributed by atoms with E-state index in [1.807, 2.05) is 0 Å². The average Bonchev–Trinajstić information content (AvgIpc) is 1.56. The highest BCUT2D eigenvalue weighted by molar-refractivity contribution is 7.20. The molecule has 1 nitrogen and oxygen atoms in total. The molecule has 2 aliphatic carbocycles. The summed E-state index contributed by atoms with van der Waals surface area (Å²) in [6, 6.07) is 186. The maximum absolute atomic E-state index is 2.87. The zero-order valence-electron chi connectivity index (χ0n) is 65.7. The summed E-state index contributed by atoms with van der Waals surface area (Å²) in [7, 11) is -5.75. The Hall–Kier alpha value is -14.6. The first-order valence-corrected chi connectivity index (χ1v) is 45.5. The SMILES string of the molecule is c1ccc(C2(c3ccccc3)c3ccccc3-c3ccc(-c4ccc5c(c4)c4cc(-c6ccc7c(c6)C(c6ccccc6)(c6ccccc6)c6ccccc6-7)ccc4n5-c4cc(-c5ccc([Si](c6ccccc6)(c6ccccc6)c6ccccc6)cc5)cc(-c5ccc([Si](c6ccccc6)(c6ccccc6)c6ccccc6)cc5)c4)cc32)cc1. The second-order valence-corrected chi connectivity index (χ2v) is 39.6. The molecule has 558 valence electrons. The van der Waals surface area contributed by atoms with Crippen molar-refractivity contribution in [3.63, 3.8) is 0 Å². The quantitative estimate of drug-likeness (QED) is 0.0632. The van der Waals surface area contributed by atoms with Gasteiger partial charge in [0.25, 0.3) is 0 Å². The van der Waals surface area contributed by atoms with Crippen LogP contribution in [0.15, 0.2) is 491 Å². The van der Waals surface area contributed by atoms with Crippen molar-refractivity contribution in [2.45, 2.75) is 10.8 Å². The minimum atomic E-state index is -2.87. The third-order valence-corrected chi connectivity index (χ3v) is 35.7. The lowest BCUT2D eigenvalue weighted by atomic mass is 9.67. The molecule has 2 aliphatic rings. The number of aromatic nitrogens is 1. The number of benzene rings is 19. The number of hydrogen-bond donors (Lipinski definition) is 0. The van der Waals surface area contributed by atoms with E-state index < -0.39 is 27.0 Å². The zero-order valence-corrected chi connectivity index (χ0v) is 67.7. The van der Waals surface area contributed by atoms with Crippen LogP contribution in [0.3, 0.4) is 0 Å². The number of rotatable bonds is 17. The highest BCUT2D eigenvalue weighted by Gasteiger charge is 2.49. The first-order chi connectivity index (χ1) is 59.0. The molecule has 22 rings (SSSR count). The van der Waals surface area contributed by atoms with Gasteiger partial charge in [-0.2, -0.15) is 0 Å².